The van der Waals surface area contributed by atoms with Gasteiger partial charge in [-0.1, -0.05) is 18.5 Å². The number of carbonyl (C=O) groups is 1. The zero-order chi connectivity index (χ0) is 16.0. The summed E-state index contributed by atoms with van der Waals surface area (Å²) in [4.78, 5) is 24.0. The Kier molecular flexibility index (Phi) is 6.87. The van der Waals surface area contributed by atoms with E-state index in [1.165, 1.54) is 20.4 Å². The van der Waals surface area contributed by atoms with Crippen LogP contribution in [0.2, 0.25) is 5.02 Å². The van der Waals surface area contributed by atoms with Crippen LogP contribution in [0.4, 0.5) is 0 Å². The fourth-order valence-corrected chi connectivity index (χ4v) is 2.29. The monoisotopic (exact) mass is 317 g/mol. The van der Waals surface area contributed by atoms with Crippen LogP contribution in [0.3, 0.4) is 0 Å². The summed E-state index contributed by atoms with van der Waals surface area (Å²) >= 11 is 6.09. The SMILES string of the molecule is CCOC(=O)c1cn(CC(OC)OC)c(CC)c(Cl)c1=O. The maximum Gasteiger partial charge on any atom is 0.343 e. The lowest BCUT2D eigenvalue weighted by Crippen LogP contribution is -2.27. The summed E-state index contributed by atoms with van der Waals surface area (Å²) in [6.07, 6.45) is 1.47. The van der Waals surface area contributed by atoms with E-state index >= 15 is 0 Å². The molecule has 118 valence electrons. The van der Waals surface area contributed by atoms with Gasteiger partial charge in [0.2, 0.25) is 5.43 Å². The lowest BCUT2D eigenvalue weighted by Gasteiger charge is -2.20. The molecule has 0 amide bonds. The molecule has 0 aliphatic rings. The number of hydrogen-bond donors (Lipinski definition) is 0. The Balaban J connectivity index is 3.34. The average Bonchev–Trinajstić information content (AvgIpc) is 2.48. The molecule has 0 atom stereocenters. The molecule has 6 nitrogen and oxygen atoms in total. The number of aromatic nitrogens is 1. The Morgan fingerprint density at radius 3 is 2.43 bits per heavy atom. The first-order valence-electron chi connectivity index (χ1n) is 6.64. The smallest absolute Gasteiger partial charge is 0.343 e. The van der Waals surface area contributed by atoms with E-state index in [1.54, 1.807) is 11.5 Å². The number of rotatable bonds is 7. The van der Waals surface area contributed by atoms with Gasteiger partial charge in [0, 0.05) is 26.1 Å². The van der Waals surface area contributed by atoms with Crippen LogP contribution < -0.4 is 5.43 Å². The molecule has 1 aromatic heterocycles. The minimum atomic E-state index is -0.688. The highest BCUT2D eigenvalue weighted by Crippen LogP contribution is 2.15. The number of halogens is 1. The van der Waals surface area contributed by atoms with Gasteiger partial charge in [-0.15, -0.1) is 0 Å². The first-order chi connectivity index (χ1) is 9.99. The number of methoxy groups -OCH3 is 2. The van der Waals surface area contributed by atoms with Crippen LogP contribution >= 0.6 is 11.6 Å². The fraction of sp³-hybridized carbons (Fsp3) is 0.571. The molecule has 0 N–H and O–H groups in total. The van der Waals surface area contributed by atoms with E-state index in [0.29, 0.717) is 18.7 Å². The summed E-state index contributed by atoms with van der Waals surface area (Å²) in [7, 11) is 3.02. The van der Waals surface area contributed by atoms with Crippen molar-refractivity contribution in [3.05, 3.63) is 32.7 Å². The zero-order valence-electron chi connectivity index (χ0n) is 12.6. The van der Waals surface area contributed by atoms with E-state index in [4.69, 9.17) is 25.8 Å². The lowest BCUT2D eigenvalue weighted by molar-refractivity contribution is -0.111. The second-order valence-corrected chi connectivity index (χ2v) is 4.64. The number of esters is 1. The van der Waals surface area contributed by atoms with Gasteiger partial charge in [0.1, 0.15) is 10.6 Å². The third kappa shape index (κ3) is 4.06. The normalized spacial score (nSPS) is 11.0. The highest BCUT2D eigenvalue weighted by atomic mass is 35.5. The second-order valence-electron chi connectivity index (χ2n) is 4.26. The number of hydrogen-bond acceptors (Lipinski definition) is 5. The molecule has 1 heterocycles. The predicted molar refractivity (Wildman–Crippen MR) is 78.9 cm³/mol. The van der Waals surface area contributed by atoms with Crippen molar-refractivity contribution >= 4 is 17.6 Å². The first kappa shape index (κ1) is 17.7. The van der Waals surface area contributed by atoms with Crippen molar-refractivity contribution in [2.24, 2.45) is 0 Å². The second kappa shape index (κ2) is 8.17. The number of ether oxygens (including phenoxy) is 3. The van der Waals surface area contributed by atoms with E-state index in [0.717, 1.165) is 0 Å². The van der Waals surface area contributed by atoms with Crippen LogP contribution in [0, 0.1) is 0 Å². The Bertz CT molecular complexity index is 551. The Morgan fingerprint density at radius 2 is 1.95 bits per heavy atom. The number of carbonyl (C=O) groups excluding carboxylic acids is 1. The molecule has 21 heavy (non-hydrogen) atoms. The predicted octanol–water partition coefficient (Wildman–Crippen LogP) is 1.86. The van der Waals surface area contributed by atoms with Gasteiger partial charge in [0.25, 0.3) is 0 Å². The minimum Gasteiger partial charge on any atom is -0.462 e. The highest BCUT2D eigenvalue weighted by molar-refractivity contribution is 6.31. The highest BCUT2D eigenvalue weighted by Gasteiger charge is 2.20. The van der Waals surface area contributed by atoms with E-state index < -0.39 is 17.7 Å². The molecule has 0 fully saturated rings. The van der Waals surface area contributed by atoms with Crippen LogP contribution in [0.15, 0.2) is 11.0 Å². The number of nitrogens with zero attached hydrogens (tertiary/aromatic N) is 1. The van der Waals surface area contributed by atoms with Crippen molar-refractivity contribution in [2.75, 3.05) is 20.8 Å². The molecule has 0 unspecified atom stereocenters. The van der Waals surface area contributed by atoms with Gasteiger partial charge in [-0.25, -0.2) is 4.79 Å². The van der Waals surface area contributed by atoms with Gasteiger partial charge in [-0.05, 0) is 13.3 Å². The van der Waals surface area contributed by atoms with Gasteiger partial charge in [-0.2, -0.15) is 0 Å². The quantitative estimate of drug-likeness (QED) is 0.567. The van der Waals surface area contributed by atoms with Crippen LogP contribution in [0.25, 0.3) is 0 Å². The minimum absolute atomic E-state index is 0.0222. The summed E-state index contributed by atoms with van der Waals surface area (Å²) in [6, 6.07) is 0. The largest absolute Gasteiger partial charge is 0.462 e. The molecule has 0 saturated heterocycles. The maximum absolute atomic E-state index is 12.1. The molecule has 0 aromatic carbocycles. The van der Waals surface area contributed by atoms with Crippen molar-refractivity contribution < 1.29 is 19.0 Å². The van der Waals surface area contributed by atoms with Crippen molar-refractivity contribution in [1.29, 1.82) is 0 Å². The van der Waals surface area contributed by atoms with Gasteiger partial charge < -0.3 is 18.8 Å². The summed E-state index contributed by atoms with van der Waals surface area (Å²) < 4.78 is 16.8. The van der Waals surface area contributed by atoms with E-state index in [9.17, 15) is 9.59 Å². The summed E-state index contributed by atoms with van der Waals surface area (Å²) in [5.41, 5.74) is 0.00780. The van der Waals surface area contributed by atoms with Crippen molar-refractivity contribution in [3.63, 3.8) is 0 Å². The molecule has 0 aliphatic carbocycles. The Labute approximate surface area is 128 Å². The van der Waals surface area contributed by atoms with Gasteiger partial charge in [0.05, 0.1) is 13.2 Å². The Morgan fingerprint density at radius 1 is 1.33 bits per heavy atom. The van der Waals surface area contributed by atoms with E-state index in [1.807, 2.05) is 6.92 Å². The summed E-state index contributed by atoms with van der Waals surface area (Å²) in [6.45, 7) is 4.03. The van der Waals surface area contributed by atoms with Gasteiger partial charge in [-0.3, -0.25) is 4.79 Å². The molecule has 1 rings (SSSR count). The third-order valence-electron chi connectivity index (χ3n) is 3.03. The van der Waals surface area contributed by atoms with Crippen LogP contribution in [-0.4, -0.2) is 37.7 Å². The summed E-state index contributed by atoms with van der Waals surface area (Å²) in [5.74, 6) is -0.688. The van der Waals surface area contributed by atoms with Crippen LogP contribution in [0.5, 0.6) is 0 Å². The standard InChI is InChI=1S/C14H20ClNO5/c1-5-10-12(15)13(17)9(14(18)21-6-2)7-16(10)8-11(19-3)20-4/h7,11H,5-6,8H2,1-4H3. The molecule has 0 spiro atoms. The molecule has 0 aliphatic heterocycles. The van der Waals surface area contributed by atoms with Crippen LogP contribution in [-0.2, 0) is 27.2 Å². The number of pyridine rings is 1. The van der Waals surface area contributed by atoms with Crippen LogP contribution in [0.1, 0.15) is 29.9 Å². The molecule has 7 heteroatoms. The third-order valence-corrected chi connectivity index (χ3v) is 3.42. The zero-order valence-corrected chi connectivity index (χ0v) is 13.4. The molecule has 0 saturated carbocycles. The van der Waals surface area contributed by atoms with Gasteiger partial charge in [0.15, 0.2) is 6.29 Å². The molecule has 1 aromatic rings. The topological polar surface area (TPSA) is 66.8 Å². The summed E-state index contributed by atoms with van der Waals surface area (Å²) in [5, 5.41) is 0.0222. The van der Waals surface area contributed by atoms with Crippen molar-refractivity contribution in [1.82, 2.24) is 4.57 Å². The van der Waals surface area contributed by atoms with Crippen molar-refractivity contribution in [3.8, 4) is 0 Å². The molecule has 0 radical (unpaired) electrons. The molecule has 0 bridgehead atoms. The first-order valence-corrected chi connectivity index (χ1v) is 7.02. The fourth-order valence-electron chi connectivity index (χ4n) is 1.95. The Hall–Kier alpha value is -1.37. The molecular weight excluding hydrogens is 298 g/mol. The molecular formula is C14H20ClNO5. The maximum atomic E-state index is 12.1. The average molecular weight is 318 g/mol. The van der Waals surface area contributed by atoms with Gasteiger partial charge >= 0.3 is 5.97 Å². The van der Waals surface area contributed by atoms with Crippen molar-refractivity contribution in [2.45, 2.75) is 33.1 Å². The van der Waals surface area contributed by atoms with E-state index in [2.05, 4.69) is 0 Å². The lowest BCUT2D eigenvalue weighted by atomic mass is 10.2. The van der Waals surface area contributed by atoms with E-state index in [-0.39, 0.29) is 17.2 Å².